The van der Waals surface area contributed by atoms with Crippen LogP contribution in [0.25, 0.3) is 0 Å². The maximum Gasteiger partial charge on any atom is 0.147 e. The van der Waals surface area contributed by atoms with Crippen molar-refractivity contribution in [1.29, 1.82) is 0 Å². The Bertz CT molecular complexity index is 325. The Labute approximate surface area is 93.8 Å². The molecular weight excluding hydrogens is 298 g/mol. The number of hydrogen-bond donors (Lipinski definition) is 1. The number of ketones is 1. The third-order valence-electron chi connectivity index (χ3n) is 1.61. The van der Waals surface area contributed by atoms with Crippen LogP contribution < -0.4 is 5.73 Å². The lowest BCUT2D eigenvalue weighted by Gasteiger charge is -2.03. The van der Waals surface area contributed by atoms with Gasteiger partial charge < -0.3 is 5.73 Å². The lowest BCUT2D eigenvalue weighted by Crippen LogP contribution is -2.04. The lowest BCUT2D eigenvalue weighted by molar-refractivity contribution is -0.115. The summed E-state index contributed by atoms with van der Waals surface area (Å²) in [4.78, 5) is 11.1. The first-order chi connectivity index (χ1) is 6.13. The van der Waals surface area contributed by atoms with Crippen LogP contribution in [0.1, 0.15) is 5.56 Å². The first-order valence-electron chi connectivity index (χ1n) is 3.75. The van der Waals surface area contributed by atoms with Gasteiger partial charge in [-0.15, -0.1) is 0 Å². The number of alkyl halides is 1. The predicted octanol–water partition coefficient (Wildman–Crippen LogP) is 2.54. The van der Waals surface area contributed by atoms with Crippen LogP contribution in [0.2, 0.25) is 0 Å². The molecule has 0 atom stereocenters. The molecule has 0 fully saturated rings. The maximum absolute atomic E-state index is 11.1. The lowest BCUT2D eigenvalue weighted by atomic mass is 10.1. The van der Waals surface area contributed by atoms with Gasteiger partial charge in [-0.3, -0.25) is 4.79 Å². The zero-order chi connectivity index (χ0) is 9.84. The molecule has 0 radical (unpaired) electrons. The normalized spacial score (nSPS) is 10.0. The molecule has 1 aromatic carbocycles. The summed E-state index contributed by atoms with van der Waals surface area (Å²) in [6.07, 6.45) is 0.437. The summed E-state index contributed by atoms with van der Waals surface area (Å²) in [5.74, 6) is 0.158. The molecule has 0 heterocycles. The van der Waals surface area contributed by atoms with E-state index >= 15 is 0 Å². The molecular formula is C9H9Br2NO. The number of nitrogen functional groups attached to an aromatic ring is 1. The zero-order valence-electron chi connectivity index (χ0n) is 6.89. The van der Waals surface area contributed by atoms with Crippen LogP contribution in [0.4, 0.5) is 5.69 Å². The fourth-order valence-electron chi connectivity index (χ4n) is 0.967. The minimum Gasteiger partial charge on any atom is -0.399 e. The highest BCUT2D eigenvalue weighted by Crippen LogP contribution is 2.20. The standard InChI is InChI=1S/C9H9Br2NO/c10-5-8(13)3-6-1-2-7(12)4-9(6)11/h1-2,4H,3,5,12H2. The van der Waals surface area contributed by atoms with Crippen LogP contribution in [-0.4, -0.2) is 11.1 Å². The van der Waals surface area contributed by atoms with E-state index < -0.39 is 0 Å². The van der Waals surface area contributed by atoms with Crippen molar-refractivity contribution in [2.45, 2.75) is 6.42 Å². The van der Waals surface area contributed by atoms with Crippen LogP contribution >= 0.6 is 31.9 Å². The number of hydrogen-bond acceptors (Lipinski definition) is 2. The molecule has 0 bridgehead atoms. The highest BCUT2D eigenvalue weighted by atomic mass is 79.9. The quantitative estimate of drug-likeness (QED) is 0.689. The first kappa shape index (κ1) is 10.7. The topological polar surface area (TPSA) is 43.1 Å². The van der Waals surface area contributed by atoms with Crippen LogP contribution in [0.15, 0.2) is 22.7 Å². The molecule has 0 aliphatic rings. The molecule has 0 amide bonds. The van der Waals surface area contributed by atoms with Crippen molar-refractivity contribution in [2.24, 2.45) is 0 Å². The molecule has 13 heavy (non-hydrogen) atoms. The van der Waals surface area contributed by atoms with Crippen LogP contribution in [0, 0.1) is 0 Å². The van der Waals surface area contributed by atoms with Crippen molar-refractivity contribution in [3.63, 3.8) is 0 Å². The van der Waals surface area contributed by atoms with Gasteiger partial charge in [-0.05, 0) is 17.7 Å². The predicted molar refractivity (Wildman–Crippen MR) is 61.1 cm³/mol. The van der Waals surface area contributed by atoms with E-state index in [1.165, 1.54) is 0 Å². The first-order valence-corrected chi connectivity index (χ1v) is 5.66. The van der Waals surface area contributed by atoms with Gasteiger partial charge in [0.05, 0.1) is 5.33 Å². The molecule has 0 aliphatic carbocycles. The summed E-state index contributed by atoms with van der Waals surface area (Å²) in [5, 5.41) is 0.393. The third-order valence-corrected chi connectivity index (χ3v) is 2.98. The molecule has 0 unspecified atom stereocenters. The van der Waals surface area contributed by atoms with E-state index in [0.29, 0.717) is 17.4 Å². The van der Waals surface area contributed by atoms with E-state index in [1.54, 1.807) is 12.1 Å². The summed E-state index contributed by atoms with van der Waals surface area (Å²) >= 11 is 6.48. The van der Waals surface area contributed by atoms with Crippen LogP contribution in [0.3, 0.4) is 0 Å². The van der Waals surface area contributed by atoms with Crippen LogP contribution in [-0.2, 0) is 11.2 Å². The maximum atomic E-state index is 11.1. The fraction of sp³-hybridized carbons (Fsp3) is 0.222. The van der Waals surface area contributed by atoms with Crippen LogP contribution in [0.5, 0.6) is 0 Å². The number of carbonyl (C=O) groups is 1. The Hall–Kier alpha value is -0.350. The van der Waals surface area contributed by atoms with Crippen molar-refractivity contribution in [1.82, 2.24) is 0 Å². The highest BCUT2D eigenvalue weighted by Gasteiger charge is 2.05. The van der Waals surface area contributed by atoms with Gasteiger partial charge in [-0.1, -0.05) is 37.9 Å². The molecule has 0 aromatic heterocycles. The van der Waals surface area contributed by atoms with Crippen molar-refractivity contribution in [2.75, 3.05) is 11.1 Å². The number of anilines is 1. The molecule has 70 valence electrons. The summed E-state index contributed by atoms with van der Waals surface area (Å²) in [7, 11) is 0. The van der Waals surface area contributed by atoms with E-state index in [1.807, 2.05) is 6.07 Å². The number of benzene rings is 1. The summed E-state index contributed by atoms with van der Waals surface area (Å²) in [6.45, 7) is 0. The number of halogens is 2. The fourth-order valence-corrected chi connectivity index (χ4v) is 1.70. The number of rotatable bonds is 3. The van der Waals surface area contributed by atoms with Gasteiger partial charge in [0, 0.05) is 16.6 Å². The van der Waals surface area contributed by atoms with Crippen molar-refractivity contribution in [3.05, 3.63) is 28.2 Å². The molecule has 2 N–H and O–H groups in total. The molecule has 1 rings (SSSR count). The summed E-state index contributed by atoms with van der Waals surface area (Å²) in [6, 6.07) is 5.46. The monoisotopic (exact) mass is 305 g/mol. The number of carbonyl (C=O) groups excluding carboxylic acids is 1. The van der Waals surface area contributed by atoms with Gasteiger partial charge in [0.25, 0.3) is 0 Å². The van der Waals surface area contributed by atoms with Gasteiger partial charge in [-0.2, -0.15) is 0 Å². The Morgan fingerprint density at radius 1 is 1.46 bits per heavy atom. The van der Waals surface area contributed by atoms with Gasteiger partial charge in [-0.25, -0.2) is 0 Å². The Morgan fingerprint density at radius 3 is 2.69 bits per heavy atom. The van der Waals surface area contributed by atoms with Gasteiger partial charge >= 0.3 is 0 Å². The molecule has 0 spiro atoms. The second-order valence-electron chi connectivity index (χ2n) is 2.70. The molecule has 0 saturated carbocycles. The minimum atomic E-state index is 0.158. The molecule has 4 heteroatoms. The molecule has 0 saturated heterocycles. The van der Waals surface area contributed by atoms with Gasteiger partial charge in [0.1, 0.15) is 5.78 Å². The van der Waals surface area contributed by atoms with Crippen molar-refractivity contribution >= 4 is 43.3 Å². The SMILES string of the molecule is Nc1ccc(CC(=O)CBr)c(Br)c1. The number of nitrogens with two attached hydrogens (primary N) is 1. The summed E-state index contributed by atoms with van der Waals surface area (Å²) < 4.78 is 0.891. The smallest absolute Gasteiger partial charge is 0.147 e. The average Bonchev–Trinajstić information content (AvgIpc) is 2.09. The zero-order valence-corrected chi connectivity index (χ0v) is 10.1. The van der Waals surface area contributed by atoms with E-state index in [-0.39, 0.29) is 5.78 Å². The Balaban J connectivity index is 2.83. The minimum absolute atomic E-state index is 0.158. The second kappa shape index (κ2) is 4.77. The molecule has 1 aromatic rings. The molecule has 2 nitrogen and oxygen atoms in total. The highest BCUT2D eigenvalue weighted by molar-refractivity contribution is 9.10. The van der Waals surface area contributed by atoms with E-state index in [9.17, 15) is 4.79 Å². The Kier molecular flexibility index (Phi) is 3.93. The van der Waals surface area contributed by atoms with E-state index in [4.69, 9.17) is 5.73 Å². The summed E-state index contributed by atoms with van der Waals surface area (Å²) in [5.41, 5.74) is 7.23. The van der Waals surface area contributed by atoms with Gasteiger partial charge in [0.15, 0.2) is 0 Å². The molecule has 0 aliphatic heterocycles. The number of Topliss-reactive ketones (excluding diaryl/α,β-unsaturated/α-hetero) is 1. The largest absolute Gasteiger partial charge is 0.399 e. The van der Waals surface area contributed by atoms with E-state index in [2.05, 4.69) is 31.9 Å². The van der Waals surface area contributed by atoms with Gasteiger partial charge in [0.2, 0.25) is 0 Å². The third kappa shape index (κ3) is 3.12. The van der Waals surface area contributed by atoms with E-state index in [0.717, 1.165) is 10.0 Å². The average molecular weight is 307 g/mol. The van der Waals surface area contributed by atoms with Crippen molar-refractivity contribution in [3.8, 4) is 0 Å². The Morgan fingerprint density at radius 2 is 2.15 bits per heavy atom. The van der Waals surface area contributed by atoms with Crippen molar-refractivity contribution < 1.29 is 4.79 Å². The second-order valence-corrected chi connectivity index (χ2v) is 4.12.